The second-order valence-corrected chi connectivity index (χ2v) is 7.90. The average Bonchev–Trinajstić information content (AvgIpc) is 2.45. The first-order valence-corrected chi connectivity index (χ1v) is 9.36. The molecular weight excluding hydrogens is 322 g/mol. The summed E-state index contributed by atoms with van der Waals surface area (Å²) in [6.45, 7) is 1.63. The van der Waals surface area contributed by atoms with Gasteiger partial charge in [-0.3, -0.25) is 0 Å². The van der Waals surface area contributed by atoms with Crippen molar-refractivity contribution < 1.29 is 12.8 Å². The molecule has 0 amide bonds. The lowest BCUT2D eigenvalue weighted by atomic mass is 9.80. The van der Waals surface area contributed by atoms with E-state index in [1.165, 1.54) is 12.1 Å². The normalized spacial score (nSPS) is 12.6. The molecule has 6 heteroatoms. The van der Waals surface area contributed by atoms with Gasteiger partial charge in [0.15, 0.2) is 0 Å². The fourth-order valence-electron chi connectivity index (χ4n) is 2.05. The first kappa shape index (κ1) is 17.7. The lowest BCUT2D eigenvalue weighted by Gasteiger charge is -2.30. The topological polar surface area (TPSA) is 34.1 Å². The summed E-state index contributed by atoms with van der Waals surface area (Å²) in [6.07, 6.45) is 1.05. The predicted octanol–water partition coefficient (Wildman–Crippen LogP) is 3.76. The Morgan fingerprint density at radius 3 is 2.15 bits per heavy atom. The maximum Gasteiger partial charge on any atom is 0.150 e. The van der Waals surface area contributed by atoms with Crippen molar-refractivity contribution in [3.8, 4) is 0 Å². The van der Waals surface area contributed by atoms with E-state index in [0.29, 0.717) is 12.8 Å². The van der Waals surface area contributed by atoms with Gasteiger partial charge in [0.25, 0.3) is 0 Å². The summed E-state index contributed by atoms with van der Waals surface area (Å²) >= 11 is 12.1. The van der Waals surface area contributed by atoms with Gasteiger partial charge in [-0.2, -0.15) is 0 Å². The van der Waals surface area contributed by atoms with Gasteiger partial charge in [0.05, 0.1) is 5.75 Å². The highest BCUT2D eigenvalue weighted by molar-refractivity contribution is 7.91. The third kappa shape index (κ3) is 4.61. The molecule has 0 unspecified atom stereocenters. The first-order chi connectivity index (χ1) is 9.39. The molecule has 20 heavy (non-hydrogen) atoms. The van der Waals surface area contributed by atoms with Crippen LogP contribution in [0.5, 0.6) is 0 Å². The summed E-state index contributed by atoms with van der Waals surface area (Å²) in [7, 11) is -2.99. The Hall–Kier alpha value is -0.320. The Bertz CT molecular complexity index is 510. The summed E-state index contributed by atoms with van der Waals surface area (Å²) in [4.78, 5) is 0. The minimum atomic E-state index is -2.99. The van der Waals surface area contributed by atoms with E-state index in [1.54, 1.807) is 19.1 Å². The number of sulfone groups is 1. The van der Waals surface area contributed by atoms with E-state index in [0.717, 1.165) is 5.56 Å². The molecule has 1 aromatic carbocycles. The third-order valence-corrected chi connectivity index (χ3v) is 6.33. The van der Waals surface area contributed by atoms with Crippen LogP contribution in [0.25, 0.3) is 0 Å². The number of alkyl halides is 2. The monoisotopic (exact) mass is 340 g/mol. The highest BCUT2D eigenvalue weighted by atomic mass is 35.5. The Labute approximate surface area is 130 Å². The molecule has 1 rings (SSSR count). The summed E-state index contributed by atoms with van der Waals surface area (Å²) in [5.41, 5.74) is 0.331. The molecule has 114 valence electrons. The van der Waals surface area contributed by atoms with Crippen molar-refractivity contribution in [2.45, 2.75) is 25.2 Å². The molecule has 0 atom stereocenters. The molecule has 0 aromatic heterocycles. The SMILES string of the molecule is CCS(=O)(=O)CCCC(CCl)(CCl)c1ccc(F)cc1. The van der Waals surface area contributed by atoms with Crippen LogP contribution in [-0.4, -0.2) is 31.7 Å². The van der Waals surface area contributed by atoms with Gasteiger partial charge in [-0.25, -0.2) is 12.8 Å². The fraction of sp³-hybridized carbons (Fsp3) is 0.571. The standard InChI is InChI=1S/C14H19Cl2FO2S/c1-2-20(18,19)9-3-8-14(10-15,11-16)12-4-6-13(17)7-5-12/h4-7H,2-3,8-11H2,1H3. The van der Waals surface area contributed by atoms with Crippen LogP contribution in [0, 0.1) is 5.82 Å². The lowest BCUT2D eigenvalue weighted by molar-refractivity contribution is 0.482. The zero-order valence-electron chi connectivity index (χ0n) is 11.4. The van der Waals surface area contributed by atoms with Crippen LogP contribution < -0.4 is 0 Å². The Morgan fingerprint density at radius 1 is 1.15 bits per heavy atom. The molecule has 0 aliphatic carbocycles. The van der Waals surface area contributed by atoms with Crippen LogP contribution in [0.2, 0.25) is 0 Å². The van der Waals surface area contributed by atoms with Crippen molar-refractivity contribution in [1.82, 2.24) is 0 Å². The highest BCUT2D eigenvalue weighted by Crippen LogP contribution is 2.33. The van der Waals surface area contributed by atoms with E-state index in [2.05, 4.69) is 0 Å². The minimum Gasteiger partial charge on any atom is -0.229 e. The van der Waals surface area contributed by atoms with E-state index in [9.17, 15) is 12.8 Å². The van der Waals surface area contributed by atoms with Crippen LogP contribution in [-0.2, 0) is 15.3 Å². The summed E-state index contributed by atoms with van der Waals surface area (Å²) in [5.74, 6) is 0.488. The minimum absolute atomic E-state index is 0.125. The zero-order chi connectivity index (χ0) is 15.2. The maximum absolute atomic E-state index is 13.0. The van der Waals surface area contributed by atoms with E-state index < -0.39 is 15.3 Å². The van der Waals surface area contributed by atoms with Crippen LogP contribution in [0.15, 0.2) is 24.3 Å². The van der Waals surface area contributed by atoms with Gasteiger partial charge >= 0.3 is 0 Å². The maximum atomic E-state index is 13.0. The molecule has 0 heterocycles. The molecule has 0 saturated heterocycles. The Balaban J connectivity index is 2.84. The summed E-state index contributed by atoms with van der Waals surface area (Å²) < 4.78 is 36.0. The van der Waals surface area contributed by atoms with Crippen molar-refractivity contribution in [3.63, 3.8) is 0 Å². The number of hydrogen-bond donors (Lipinski definition) is 0. The van der Waals surface area contributed by atoms with Crippen LogP contribution in [0.4, 0.5) is 4.39 Å². The van der Waals surface area contributed by atoms with Crippen molar-refractivity contribution in [2.24, 2.45) is 0 Å². The average molecular weight is 341 g/mol. The Morgan fingerprint density at radius 2 is 1.70 bits per heavy atom. The number of rotatable bonds is 8. The van der Waals surface area contributed by atoms with Gasteiger partial charge in [0.1, 0.15) is 15.7 Å². The van der Waals surface area contributed by atoms with Gasteiger partial charge in [-0.05, 0) is 30.5 Å². The Kier molecular flexibility index (Phi) is 6.76. The number of halogens is 3. The van der Waals surface area contributed by atoms with Gasteiger partial charge < -0.3 is 0 Å². The molecule has 0 N–H and O–H groups in total. The van der Waals surface area contributed by atoms with Crippen LogP contribution in [0.1, 0.15) is 25.3 Å². The van der Waals surface area contributed by atoms with Crippen molar-refractivity contribution >= 4 is 33.0 Å². The summed E-state index contributed by atoms with van der Waals surface area (Å²) in [6, 6.07) is 6.06. The lowest BCUT2D eigenvalue weighted by Crippen LogP contribution is -2.31. The van der Waals surface area contributed by atoms with Crippen molar-refractivity contribution in [1.29, 1.82) is 0 Å². The molecular formula is C14H19Cl2FO2S. The predicted molar refractivity (Wildman–Crippen MR) is 83.1 cm³/mol. The molecule has 0 aliphatic heterocycles. The molecule has 0 fully saturated rings. The summed E-state index contributed by atoms with van der Waals surface area (Å²) in [5, 5.41) is 0. The van der Waals surface area contributed by atoms with Gasteiger partial charge in [0, 0.05) is 22.9 Å². The van der Waals surface area contributed by atoms with E-state index >= 15 is 0 Å². The quantitative estimate of drug-likeness (QED) is 0.675. The molecule has 2 nitrogen and oxygen atoms in total. The van der Waals surface area contributed by atoms with E-state index in [1.807, 2.05) is 0 Å². The largest absolute Gasteiger partial charge is 0.229 e. The van der Waals surface area contributed by atoms with Crippen LogP contribution in [0.3, 0.4) is 0 Å². The van der Waals surface area contributed by atoms with Crippen molar-refractivity contribution in [2.75, 3.05) is 23.3 Å². The number of hydrogen-bond acceptors (Lipinski definition) is 2. The fourth-order valence-corrected chi connectivity index (χ4v) is 3.78. The van der Waals surface area contributed by atoms with Gasteiger partial charge in [-0.15, -0.1) is 23.2 Å². The molecule has 0 saturated carbocycles. The van der Waals surface area contributed by atoms with Gasteiger partial charge in [-0.1, -0.05) is 19.1 Å². The smallest absolute Gasteiger partial charge is 0.150 e. The zero-order valence-corrected chi connectivity index (χ0v) is 13.7. The van der Waals surface area contributed by atoms with E-state index in [-0.39, 0.29) is 29.1 Å². The van der Waals surface area contributed by atoms with E-state index in [4.69, 9.17) is 23.2 Å². The number of benzene rings is 1. The first-order valence-electron chi connectivity index (χ1n) is 6.47. The third-order valence-electron chi connectivity index (χ3n) is 3.52. The molecule has 0 bridgehead atoms. The molecule has 0 spiro atoms. The molecule has 0 aliphatic rings. The van der Waals surface area contributed by atoms with Gasteiger partial charge in [0.2, 0.25) is 0 Å². The second-order valence-electron chi connectivity index (χ2n) is 4.89. The molecule has 0 radical (unpaired) electrons. The second kappa shape index (κ2) is 7.62. The molecule has 1 aromatic rings. The highest BCUT2D eigenvalue weighted by Gasteiger charge is 2.30. The van der Waals surface area contributed by atoms with Crippen LogP contribution >= 0.6 is 23.2 Å². The van der Waals surface area contributed by atoms with Crippen molar-refractivity contribution in [3.05, 3.63) is 35.6 Å².